The summed E-state index contributed by atoms with van der Waals surface area (Å²) in [5, 5.41) is 5.85. The summed E-state index contributed by atoms with van der Waals surface area (Å²) in [6.45, 7) is 8.60. The van der Waals surface area contributed by atoms with Crippen LogP contribution in [-0.2, 0) is 24.3 Å². The minimum atomic E-state index is -0.0107. The Morgan fingerprint density at radius 3 is 2.58 bits per heavy atom. The van der Waals surface area contributed by atoms with Gasteiger partial charge in [-0.25, -0.2) is 4.98 Å². The largest absolute Gasteiger partial charge is 0.352 e. The number of hydrogen-bond donors (Lipinski definition) is 1. The van der Waals surface area contributed by atoms with Gasteiger partial charge >= 0.3 is 0 Å². The van der Waals surface area contributed by atoms with Crippen molar-refractivity contribution in [3.63, 3.8) is 0 Å². The van der Waals surface area contributed by atoms with Crippen LogP contribution in [0.3, 0.4) is 0 Å². The molecule has 1 aliphatic rings. The Balaban J connectivity index is 1.25. The van der Waals surface area contributed by atoms with E-state index in [2.05, 4.69) is 58.3 Å². The second-order valence-electron chi connectivity index (χ2n) is 8.80. The van der Waals surface area contributed by atoms with Gasteiger partial charge in [0.05, 0.1) is 12.1 Å². The molecule has 1 amide bonds. The molecule has 2 aromatic heterocycles. The fourth-order valence-corrected chi connectivity index (χ4v) is 5.19. The van der Waals surface area contributed by atoms with Crippen LogP contribution in [0.1, 0.15) is 37.1 Å². The quantitative estimate of drug-likeness (QED) is 0.593. The first-order valence-electron chi connectivity index (χ1n) is 11.0. The standard InChI is InChI=1S/C25H30N4OS/c1-18-10-19(2)15-29(14-18)16-21-7-5-20(6-8-21)12-27-24(30)11-23-17-31-25(28-23)22-4-3-9-26-13-22/h3-9,13,17-19H,10-12,14-16H2,1-2H3,(H,27,30). The Morgan fingerprint density at radius 2 is 1.87 bits per heavy atom. The molecule has 4 rings (SSSR count). The van der Waals surface area contributed by atoms with E-state index in [9.17, 15) is 4.79 Å². The highest BCUT2D eigenvalue weighted by atomic mass is 32.1. The molecule has 31 heavy (non-hydrogen) atoms. The highest BCUT2D eigenvalue weighted by Crippen LogP contribution is 2.23. The fraction of sp³-hybridized carbons (Fsp3) is 0.400. The van der Waals surface area contributed by atoms with Crippen molar-refractivity contribution in [3.05, 3.63) is 71.0 Å². The molecule has 5 nitrogen and oxygen atoms in total. The van der Waals surface area contributed by atoms with Gasteiger partial charge < -0.3 is 5.32 Å². The van der Waals surface area contributed by atoms with E-state index in [0.717, 1.165) is 40.2 Å². The normalized spacial score (nSPS) is 19.3. The second-order valence-corrected chi connectivity index (χ2v) is 9.65. The number of pyridine rings is 1. The lowest BCUT2D eigenvalue weighted by molar-refractivity contribution is -0.120. The zero-order chi connectivity index (χ0) is 21.6. The number of rotatable bonds is 7. The molecular weight excluding hydrogens is 404 g/mol. The Labute approximate surface area is 188 Å². The van der Waals surface area contributed by atoms with Crippen molar-refractivity contribution < 1.29 is 4.79 Å². The average Bonchev–Trinajstić information content (AvgIpc) is 3.22. The van der Waals surface area contributed by atoms with Crippen LogP contribution >= 0.6 is 11.3 Å². The van der Waals surface area contributed by atoms with E-state index in [4.69, 9.17) is 0 Å². The Morgan fingerprint density at radius 1 is 1.13 bits per heavy atom. The molecule has 1 aromatic carbocycles. The third-order valence-corrected chi connectivity index (χ3v) is 6.61. The topological polar surface area (TPSA) is 58.1 Å². The third kappa shape index (κ3) is 6.21. The van der Waals surface area contributed by atoms with Gasteiger partial charge in [-0.05, 0) is 41.5 Å². The Bertz CT molecular complexity index is 976. The lowest BCUT2D eigenvalue weighted by Crippen LogP contribution is -2.38. The zero-order valence-electron chi connectivity index (χ0n) is 18.3. The molecule has 3 aromatic rings. The van der Waals surface area contributed by atoms with Crippen LogP contribution in [0.5, 0.6) is 0 Å². The van der Waals surface area contributed by atoms with Crippen molar-refractivity contribution in [3.8, 4) is 10.6 Å². The van der Waals surface area contributed by atoms with E-state index in [1.54, 1.807) is 12.4 Å². The highest BCUT2D eigenvalue weighted by molar-refractivity contribution is 7.13. The van der Waals surface area contributed by atoms with Crippen LogP contribution in [0, 0.1) is 11.8 Å². The van der Waals surface area contributed by atoms with Crippen molar-refractivity contribution in [2.24, 2.45) is 11.8 Å². The average molecular weight is 435 g/mol. The van der Waals surface area contributed by atoms with Crippen molar-refractivity contribution >= 4 is 17.2 Å². The second kappa shape index (κ2) is 10.2. The maximum atomic E-state index is 12.4. The molecule has 3 heterocycles. The zero-order valence-corrected chi connectivity index (χ0v) is 19.1. The summed E-state index contributed by atoms with van der Waals surface area (Å²) >= 11 is 1.54. The monoisotopic (exact) mass is 434 g/mol. The molecule has 0 radical (unpaired) electrons. The van der Waals surface area contributed by atoms with Gasteiger partial charge in [0.25, 0.3) is 0 Å². The number of carbonyl (C=O) groups is 1. The minimum absolute atomic E-state index is 0.0107. The maximum Gasteiger partial charge on any atom is 0.226 e. The van der Waals surface area contributed by atoms with Gasteiger partial charge in [0.2, 0.25) is 5.91 Å². The van der Waals surface area contributed by atoms with E-state index in [1.165, 1.54) is 36.4 Å². The number of nitrogens with one attached hydrogen (secondary N) is 1. The Kier molecular flexibility index (Phi) is 7.10. The van der Waals surface area contributed by atoms with Gasteiger partial charge in [-0.15, -0.1) is 11.3 Å². The molecule has 1 N–H and O–H groups in total. The van der Waals surface area contributed by atoms with E-state index in [1.807, 2.05) is 17.5 Å². The first-order chi connectivity index (χ1) is 15.0. The molecule has 1 aliphatic heterocycles. The van der Waals surface area contributed by atoms with Gasteiger partial charge in [-0.1, -0.05) is 38.1 Å². The van der Waals surface area contributed by atoms with Gasteiger partial charge in [0.15, 0.2) is 0 Å². The molecule has 0 aliphatic carbocycles. The summed E-state index contributed by atoms with van der Waals surface area (Å²) in [6, 6.07) is 12.5. The fourth-order valence-electron chi connectivity index (χ4n) is 4.38. The molecule has 6 heteroatoms. The summed E-state index contributed by atoms with van der Waals surface area (Å²) in [6.07, 6.45) is 5.16. The number of likely N-dealkylation sites (tertiary alicyclic amines) is 1. The van der Waals surface area contributed by atoms with Crippen LogP contribution in [0.15, 0.2) is 54.2 Å². The van der Waals surface area contributed by atoms with Crippen molar-refractivity contribution in [2.45, 2.75) is 39.8 Å². The molecule has 0 spiro atoms. The number of hydrogen-bond acceptors (Lipinski definition) is 5. The molecule has 2 unspecified atom stereocenters. The highest BCUT2D eigenvalue weighted by Gasteiger charge is 2.21. The molecular formula is C25H30N4OS. The van der Waals surface area contributed by atoms with Crippen LogP contribution in [0.2, 0.25) is 0 Å². The SMILES string of the molecule is CC1CC(C)CN(Cc2ccc(CNC(=O)Cc3csc(-c4cccnc4)n3)cc2)C1. The van der Waals surface area contributed by atoms with Crippen LogP contribution < -0.4 is 5.32 Å². The number of thiazole rings is 1. The summed E-state index contributed by atoms with van der Waals surface area (Å²) in [4.78, 5) is 23.6. The van der Waals surface area contributed by atoms with Crippen molar-refractivity contribution in [2.75, 3.05) is 13.1 Å². The smallest absolute Gasteiger partial charge is 0.226 e. The number of nitrogens with zero attached hydrogens (tertiary/aromatic N) is 3. The van der Waals surface area contributed by atoms with Crippen molar-refractivity contribution in [1.82, 2.24) is 20.2 Å². The van der Waals surface area contributed by atoms with Gasteiger partial charge in [-0.2, -0.15) is 0 Å². The van der Waals surface area contributed by atoms with E-state index in [-0.39, 0.29) is 5.91 Å². The third-order valence-electron chi connectivity index (χ3n) is 5.67. The van der Waals surface area contributed by atoms with Gasteiger partial charge in [0, 0.05) is 49.5 Å². The molecule has 162 valence electrons. The molecule has 1 fully saturated rings. The lowest BCUT2D eigenvalue weighted by Gasteiger charge is -2.35. The van der Waals surface area contributed by atoms with Crippen molar-refractivity contribution in [1.29, 1.82) is 0 Å². The summed E-state index contributed by atoms with van der Waals surface area (Å²) < 4.78 is 0. The first-order valence-corrected chi connectivity index (χ1v) is 11.8. The Hall–Kier alpha value is -2.57. The van der Waals surface area contributed by atoms with Crippen LogP contribution in [0.4, 0.5) is 0 Å². The molecule has 0 bridgehead atoms. The number of aromatic nitrogens is 2. The number of benzene rings is 1. The van der Waals surface area contributed by atoms with Crippen LogP contribution in [0.25, 0.3) is 10.6 Å². The minimum Gasteiger partial charge on any atom is -0.352 e. The van der Waals surface area contributed by atoms with E-state index in [0.29, 0.717) is 13.0 Å². The molecule has 1 saturated heterocycles. The van der Waals surface area contributed by atoms with Gasteiger partial charge in [-0.3, -0.25) is 14.7 Å². The summed E-state index contributed by atoms with van der Waals surface area (Å²) in [7, 11) is 0. The van der Waals surface area contributed by atoms with Crippen LogP contribution in [-0.4, -0.2) is 33.9 Å². The lowest BCUT2D eigenvalue weighted by atomic mass is 9.91. The maximum absolute atomic E-state index is 12.4. The van der Waals surface area contributed by atoms with E-state index >= 15 is 0 Å². The molecule has 2 atom stereocenters. The predicted molar refractivity (Wildman–Crippen MR) is 126 cm³/mol. The number of carbonyl (C=O) groups excluding carboxylic acids is 1. The van der Waals surface area contributed by atoms with E-state index < -0.39 is 0 Å². The predicted octanol–water partition coefficient (Wildman–Crippen LogP) is 4.54. The molecule has 0 saturated carbocycles. The summed E-state index contributed by atoms with van der Waals surface area (Å²) in [5.74, 6) is 1.54. The first kappa shape index (κ1) is 21.7. The number of piperidine rings is 1. The van der Waals surface area contributed by atoms with Gasteiger partial charge in [0.1, 0.15) is 5.01 Å². The summed E-state index contributed by atoms with van der Waals surface area (Å²) in [5.41, 5.74) is 4.22. The number of amides is 1.